The second-order valence-electron chi connectivity index (χ2n) is 11.4. The van der Waals surface area contributed by atoms with E-state index in [2.05, 4.69) is 0 Å². The van der Waals surface area contributed by atoms with Gasteiger partial charge in [-0.25, -0.2) is 0 Å². The lowest BCUT2D eigenvalue weighted by Crippen LogP contribution is -1.91. The highest BCUT2D eigenvalue weighted by Gasteiger charge is 2.25. The maximum Gasteiger partial charge on any atom is 0.136 e. The Morgan fingerprint density at radius 1 is 0.451 bits per heavy atom. The molecule has 1 aliphatic carbocycles. The molecule has 1 atom stereocenters. The number of rotatable bonds is 3. The molecule has 0 spiro atoms. The van der Waals surface area contributed by atoms with E-state index >= 15 is 0 Å². The molecule has 1 heteroatoms. The minimum atomic E-state index is -3.57. The van der Waals surface area contributed by atoms with Crippen molar-refractivity contribution < 1.29 is 48.3 Å². The molecule has 1 aliphatic rings. The predicted molar refractivity (Wildman–Crippen MR) is 215 cm³/mol. The Morgan fingerprint density at radius 3 is 1.80 bits per heavy atom. The van der Waals surface area contributed by atoms with Crippen molar-refractivity contribution in [1.82, 2.24) is 0 Å². The van der Waals surface area contributed by atoms with Gasteiger partial charge >= 0.3 is 0 Å². The molecule has 1 heterocycles. The van der Waals surface area contributed by atoms with Crippen molar-refractivity contribution in [3.8, 4) is 44.5 Å². The Balaban J connectivity index is 1.38. The van der Waals surface area contributed by atoms with Gasteiger partial charge in [-0.05, 0) is 118 Å². The van der Waals surface area contributed by atoms with Gasteiger partial charge in [-0.1, -0.05) is 146 Å². The lowest BCUT2D eigenvalue weighted by molar-refractivity contribution is 0.669. The summed E-state index contributed by atoms with van der Waals surface area (Å²) < 4.78 is 297. The van der Waals surface area contributed by atoms with E-state index in [1.54, 1.807) is 0 Å². The number of benzene rings is 9. The molecule has 1 unspecified atom stereocenters. The van der Waals surface area contributed by atoms with E-state index in [9.17, 15) is 20.6 Å². The van der Waals surface area contributed by atoms with E-state index in [1.165, 1.54) is 0 Å². The monoisotopic (exact) mass is 680 g/mol. The molecular formula is C50H32O. The first-order valence-electron chi connectivity index (χ1n) is 31.2. The van der Waals surface area contributed by atoms with Crippen molar-refractivity contribution in [2.75, 3.05) is 0 Å². The lowest BCUT2D eigenvalue weighted by atomic mass is 9.85. The zero-order valence-electron chi connectivity index (χ0n) is 57.4. The summed E-state index contributed by atoms with van der Waals surface area (Å²) in [6, 6.07) is -28.4. The smallest absolute Gasteiger partial charge is 0.136 e. The molecule has 1 nitrogen and oxygen atoms in total. The molecule has 0 amide bonds. The van der Waals surface area contributed by atoms with Crippen molar-refractivity contribution in [2.45, 2.75) is 12.7 Å². The van der Waals surface area contributed by atoms with Crippen LogP contribution >= 0.6 is 0 Å². The van der Waals surface area contributed by atoms with Gasteiger partial charge in [-0.3, -0.25) is 0 Å². The van der Waals surface area contributed by atoms with Crippen LogP contribution in [0, 0.1) is 0 Å². The summed E-state index contributed by atoms with van der Waals surface area (Å²) in [5, 5.41) is -5.33. The minimum absolute atomic E-state index is 0.443. The molecule has 51 heavy (non-hydrogen) atoms. The summed E-state index contributed by atoms with van der Waals surface area (Å²) in [6.45, 7) is -3.57. The van der Waals surface area contributed by atoms with Crippen LogP contribution in [0.5, 0.6) is 0 Å². The molecule has 0 saturated carbocycles. The first-order valence-corrected chi connectivity index (χ1v) is 15.2. The second-order valence-corrected chi connectivity index (χ2v) is 11.4. The van der Waals surface area contributed by atoms with Crippen molar-refractivity contribution in [3.63, 3.8) is 0 Å². The van der Waals surface area contributed by atoms with Gasteiger partial charge in [0.1, 0.15) is 11.2 Å². The first kappa shape index (κ1) is 11.3. The van der Waals surface area contributed by atoms with Gasteiger partial charge in [0, 0.05) is 22.1 Å². The topological polar surface area (TPSA) is 13.1 Å². The Hall–Kier alpha value is -6.44. The molecule has 0 fully saturated rings. The predicted octanol–water partition coefficient (Wildman–Crippen LogP) is 14.2. The maximum atomic E-state index is 9.97. The van der Waals surface area contributed by atoms with E-state index in [1.807, 2.05) is 0 Å². The summed E-state index contributed by atoms with van der Waals surface area (Å²) in [5.41, 5.74) is -10.1. The van der Waals surface area contributed by atoms with E-state index in [0.717, 1.165) is 0 Å². The molecule has 0 aliphatic heterocycles. The van der Waals surface area contributed by atoms with Crippen LogP contribution in [0.15, 0.2) is 174 Å². The van der Waals surface area contributed by atoms with Crippen LogP contribution in [0.25, 0.3) is 98.8 Å². The van der Waals surface area contributed by atoms with Crippen LogP contribution in [0.3, 0.4) is 0 Å². The van der Waals surface area contributed by atoms with Crippen molar-refractivity contribution in [3.05, 3.63) is 180 Å². The van der Waals surface area contributed by atoms with Crippen LogP contribution in [-0.4, -0.2) is 0 Å². The molecule has 11 rings (SSSR count). The third kappa shape index (κ3) is 4.16. The van der Waals surface area contributed by atoms with E-state index in [4.69, 9.17) is 27.7 Å². The standard InChI is InChI=1S/C50H32O/c1-30-36-14-4-5-16-39(36)44-28-33(21-24-37(30)44)32-12-10-13-34(27-32)48-40-17-6-8-19-42(40)49(43-20-9-7-18-41(43)48)35-23-25-46-45(29-35)50-38-15-3-2-11-31(38)22-26-47(50)51-46/h2-30H,1H3/i1D3,2D,3D,4D,5D,6D,7D,8D,9D,10D,11D,12D,13D,14D,15D,16D,17D,18D,19D,20D,21D,22D,23D,24D,25D,26D,27D,28D,29D,30D. The van der Waals surface area contributed by atoms with E-state index in [0.29, 0.717) is 0 Å². The number of fused-ring (bicyclic) bond motifs is 10. The van der Waals surface area contributed by atoms with Gasteiger partial charge in [-0.15, -0.1) is 0 Å². The van der Waals surface area contributed by atoms with Gasteiger partial charge in [-0.2, -0.15) is 0 Å². The first-order chi connectivity index (χ1) is 38.5. The molecule has 0 N–H and O–H groups in total. The molecular weight excluding hydrogens is 617 g/mol. The van der Waals surface area contributed by atoms with Crippen LogP contribution in [0.2, 0.25) is 0 Å². The largest absolute Gasteiger partial charge is 0.456 e. The highest BCUT2D eigenvalue weighted by atomic mass is 16.3. The number of furan rings is 1. The van der Waals surface area contributed by atoms with Gasteiger partial charge < -0.3 is 4.42 Å². The molecule has 0 saturated heterocycles. The summed E-state index contributed by atoms with van der Waals surface area (Å²) in [4.78, 5) is 0. The lowest BCUT2D eigenvalue weighted by Gasteiger charge is -2.18. The number of hydrogen-bond donors (Lipinski definition) is 0. The average molecular weight is 681 g/mol. The molecule has 0 bridgehead atoms. The third-order valence-corrected chi connectivity index (χ3v) is 8.70. The summed E-state index contributed by atoms with van der Waals surface area (Å²) in [7, 11) is 0. The normalized spacial score (nSPS) is 24.3. The molecule has 0 radical (unpaired) electrons. The van der Waals surface area contributed by atoms with E-state index in [-0.39, 0.29) is 0 Å². The Kier molecular flexibility index (Phi) is 2.38. The third-order valence-electron chi connectivity index (χ3n) is 8.70. The van der Waals surface area contributed by atoms with Crippen LogP contribution in [-0.2, 0) is 0 Å². The Morgan fingerprint density at radius 2 is 1.04 bits per heavy atom. The fourth-order valence-corrected chi connectivity index (χ4v) is 6.52. The highest BCUT2D eigenvalue weighted by molar-refractivity contribution is 6.23. The van der Waals surface area contributed by atoms with Crippen LogP contribution < -0.4 is 0 Å². The van der Waals surface area contributed by atoms with Gasteiger partial charge in [0.25, 0.3) is 0 Å². The highest BCUT2D eigenvalue weighted by Crippen LogP contribution is 2.48. The summed E-state index contributed by atoms with van der Waals surface area (Å²) in [5.74, 6) is -3.25. The Bertz CT molecular complexity index is 4740. The second kappa shape index (κ2) is 10.8. The summed E-state index contributed by atoms with van der Waals surface area (Å²) in [6.07, 6.45) is 0. The molecule has 238 valence electrons. The van der Waals surface area contributed by atoms with Crippen molar-refractivity contribution >= 4 is 54.3 Å². The quantitative estimate of drug-likeness (QED) is 0.169. The van der Waals surface area contributed by atoms with Gasteiger partial charge in [0.2, 0.25) is 0 Å². The van der Waals surface area contributed by atoms with Crippen LogP contribution in [0.1, 0.15) is 67.7 Å². The maximum absolute atomic E-state index is 9.97. The van der Waals surface area contributed by atoms with Gasteiger partial charge in [0.05, 0.1) is 38.4 Å². The molecule has 1 aromatic heterocycles. The average Bonchev–Trinajstić information content (AvgIpc) is 2.22. The minimum Gasteiger partial charge on any atom is -0.456 e. The SMILES string of the molecule is [2H]c1c([2H])c(-c2c([2H])c([2H])c3c(c2[2H])-c2c([2H])c([2H])c([2H])c([2H])c2C3([2H])C([2H])([2H])[2H])c([2H])c(-c2c3c([2H])c([2H])c([2H])c([2H])c3c(-c3c([2H])c([2H])c4oc5c([2H])c([2H])c6c([2H])c([2H])c([2H])c([2H])c6c5c4c3[2H])c3c([2H])c([2H])c([2H])c([2H])c23)c1[2H]. The van der Waals surface area contributed by atoms with Crippen molar-refractivity contribution in [1.29, 1.82) is 0 Å². The van der Waals surface area contributed by atoms with E-state index < -0.39 is 292 Å². The number of hydrogen-bond acceptors (Lipinski definition) is 1. The van der Waals surface area contributed by atoms with Gasteiger partial charge in [0.15, 0.2) is 0 Å². The van der Waals surface area contributed by atoms with Crippen molar-refractivity contribution in [2.24, 2.45) is 0 Å². The fourth-order valence-electron chi connectivity index (χ4n) is 6.52. The zero-order valence-corrected chi connectivity index (χ0v) is 25.4. The summed E-state index contributed by atoms with van der Waals surface area (Å²) >= 11 is 0. The molecule has 10 aromatic rings. The Labute approximate surface area is 341 Å². The molecule has 9 aromatic carbocycles. The fraction of sp³-hybridized carbons (Fsp3) is 0.0400. The zero-order chi connectivity index (χ0) is 61.4. The van der Waals surface area contributed by atoms with Crippen LogP contribution in [0.4, 0.5) is 0 Å².